The van der Waals surface area contributed by atoms with Gasteiger partial charge in [-0.25, -0.2) is 27.8 Å². The third-order valence-electron chi connectivity index (χ3n) is 6.64. The van der Waals surface area contributed by atoms with Crippen molar-refractivity contribution >= 4 is 21.4 Å². The maximum absolute atomic E-state index is 13.9. The lowest BCUT2D eigenvalue weighted by Crippen LogP contribution is -2.30. The van der Waals surface area contributed by atoms with Crippen LogP contribution in [0.25, 0.3) is 5.69 Å². The van der Waals surface area contributed by atoms with Crippen LogP contribution >= 0.6 is 11.6 Å². The van der Waals surface area contributed by atoms with E-state index in [2.05, 4.69) is 30.1 Å². The molecule has 0 spiro atoms. The van der Waals surface area contributed by atoms with Gasteiger partial charge in [0.2, 0.25) is 5.88 Å². The number of aryl methyl sites for hydroxylation is 1. The van der Waals surface area contributed by atoms with Crippen molar-refractivity contribution in [3.05, 3.63) is 46.9 Å². The number of hydrogen-bond donors (Lipinski definition) is 0. The highest BCUT2D eigenvalue weighted by Crippen LogP contribution is 2.37. The molecule has 0 N–H and O–H groups in total. The second-order valence-corrected chi connectivity index (χ2v) is 11.8. The van der Waals surface area contributed by atoms with Gasteiger partial charge in [0.1, 0.15) is 35.9 Å². The number of hydrogen-bond acceptors (Lipinski definition) is 10. The van der Waals surface area contributed by atoms with E-state index >= 15 is 0 Å². The van der Waals surface area contributed by atoms with Crippen LogP contribution in [0.15, 0.2) is 18.7 Å². The largest absolute Gasteiger partial charge is 0.479 e. The summed E-state index contributed by atoms with van der Waals surface area (Å²) < 4.78 is 53.8. The van der Waals surface area contributed by atoms with Crippen molar-refractivity contribution in [1.82, 2.24) is 34.7 Å². The summed E-state index contributed by atoms with van der Waals surface area (Å²) in [6, 6.07) is 0. The molecule has 1 fully saturated rings. The van der Waals surface area contributed by atoms with Gasteiger partial charge in [0.15, 0.2) is 21.5 Å². The molecule has 1 aliphatic carbocycles. The minimum Gasteiger partial charge on any atom is -0.479 e. The molecule has 1 aliphatic rings. The fourth-order valence-electron chi connectivity index (χ4n) is 4.57. The summed E-state index contributed by atoms with van der Waals surface area (Å²) in [6.45, 7) is 3.30. The average Bonchev–Trinajstić information content (AvgIpc) is 3.27. The van der Waals surface area contributed by atoms with Crippen LogP contribution in [0, 0.1) is 6.92 Å². The van der Waals surface area contributed by atoms with Gasteiger partial charge in [-0.05, 0) is 39.5 Å². The molecule has 3 heterocycles. The summed E-state index contributed by atoms with van der Waals surface area (Å²) in [6.07, 6.45) is 4.28. The van der Waals surface area contributed by atoms with Crippen LogP contribution in [-0.4, -0.2) is 68.8 Å². The Labute approximate surface area is 219 Å². The lowest BCUT2D eigenvalue weighted by Gasteiger charge is -2.25. The molecule has 0 unspecified atom stereocenters. The molecule has 37 heavy (non-hydrogen) atoms. The minimum atomic E-state index is -3.87. The van der Waals surface area contributed by atoms with Crippen LogP contribution < -0.4 is 4.74 Å². The van der Waals surface area contributed by atoms with Crippen LogP contribution in [-0.2, 0) is 20.3 Å². The highest BCUT2D eigenvalue weighted by atomic mass is 35.5. The molecule has 0 saturated heterocycles. The molecule has 14 heteroatoms. The monoisotopic (exact) mass is 553 g/mol. The summed E-state index contributed by atoms with van der Waals surface area (Å²) in [7, 11) is -1.01. The number of halogens is 2. The van der Waals surface area contributed by atoms with Crippen molar-refractivity contribution in [2.24, 2.45) is 0 Å². The maximum atomic E-state index is 13.9. The number of sulfone groups is 1. The van der Waals surface area contributed by atoms with Crippen LogP contribution in [0.3, 0.4) is 0 Å². The van der Waals surface area contributed by atoms with E-state index in [1.807, 2.05) is 0 Å². The Morgan fingerprint density at radius 2 is 1.78 bits per heavy atom. The zero-order valence-corrected chi connectivity index (χ0v) is 22.6. The summed E-state index contributed by atoms with van der Waals surface area (Å²) in [4.78, 5) is 16.8. The van der Waals surface area contributed by atoms with Gasteiger partial charge >= 0.3 is 0 Å². The first-order chi connectivity index (χ1) is 17.7. The molecule has 0 radical (unpaired) electrons. The van der Waals surface area contributed by atoms with E-state index in [9.17, 15) is 12.8 Å². The molecule has 1 saturated carbocycles. The Balaban J connectivity index is 1.75. The molecule has 3 aromatic heterocycles. The number of alkyl halides is 1. The van der Waals surface area contributed by atoms with Gasteiger partial charge < -0.3 is 9.47 Å². The first-order valence-corrected chi connectivity index (χ1v) is 13.9. The van der Waals surface area contributed by atoms with E-state index in [0.717, 1.165) is 0 Å². The van der Waals surface area contributed by atoms with Gasteiger partial charge in [-0.15, -0.1) is 10.2 Å². The Kier molecular flexibility index (Phi) is 8.34. The Morgan fingerprint density at radius 3 is 2.41 bits per heavy atom. The molecule has 0 amide bonds. The standard InChI is InChI=1S/C23H29ClFN7O4S/c1-13-19(23(36-4)29-12-28-13)32-18(30-31-22(32)15-5-7-17(25)8-6-15)11-37(33,34)14(2)20(35-3)21-26-9-16(24)10-27-21/h9-10,12,14-15,17,20H,5-8,11H2,1-4H3/t14-,15?,17?,20-/m0/s1. The quantitative estimate of drug-likeness (QED) is 0.387. The van der Waals surface area contributed by atoms with E-state index in [0.29, 0.717) is 47.9 Å². The van der Waals surface area contributed by atoms with E-state index in [1.165, 1.54) is 39.9 Å². The van der Waals surface area contributed by atoms with Gasteiger partial charge in [-0.2, -0.15) is 4.98 Å². The normalized spacial score (nSPS) is 19.9. The molecule has 200 valence electrons. The first kappa shape index (κ1) is 27.3. The second kappa shape index (κ2) is 11.3. The fraction of sp³-hybridized carbons (Fsp3) is 0.565. The van der Waals surface area contributed by atoms with Crippen molar-refractivity contribution in [2.45, 2.75) is 68.7 Å². The van der Waals surface area contributed by atoms with Gasteiger partial charge in [0, 0.05) is 25.4 Å². The molecule has 0 aromatic carbocycles. The highest BCUT2D eigenvalue weighted by Gasteiger charge is 2.36. The number of ether oxygens (including phenoxy) is 2. The molecule has 11 nitrogen and oxygen atoms in total. The first-order valence-electron chi connectivity index (χ1n) is 11.8. The smallest absolute Gasteiger partial charge is 0.241 e. The topological polar surface area (TPSA) is 135 Å². The van der Waals surface area contributed by atoms with Crippen LogP contribution in [0.5, 0.6) is 5.88 Å². The van der Waals surface area contributed by atoms with Gasteiger partial charge in [-0.1, -0.05) is 11.6 Å². The van der Waals surface area contributed by atoms with Crippen molar-refractivity contribution in [3.8, 4) is 11.6 Å². The Bertz CT molecular complexity index is 1330. The van der Waals surface area contributed by atoms with Crippen molar-refractivity contribution in [1.29, 1.82) is 0 Å². The number of aromatic nitrogens is 7. The highest BCUT2D eigenvalue weighted by molar-refractivity contribution is 7.91. The van der Waals surface area contributed by atoms with Gasteiger partial charge in [0.25, 0.3) is 0 Å². The molecule has 4 rings (SSSR count). The summed E-state index contributed by atoms with van der Waals surface area (Å²) in [5.74, 6) is 0.597. The SMILES string of the molecule is COc1ncnc(C)c1-n1c(CS(=O)(=O)[C@@H](C)[C@H](OC)c2ncc(Cl)cn2)nnc1C1CCC(F)CC1. The van der Waals surface area contributed by atoms with E-state index in [1.54, 1.807) is 11.5 Å². The summed E-state index contributed by atoms with van der Waals surface area (Å²) in [5, 5.41) is 7.96. The summed E-state index contributed by atoms with van der Waals surface area (Å²) >= 11 is 5.88. The van der Waals surface area contributed by atoms with Gasteiger partial charge in [0.05, 0.1) is 23.1 Å². The zero-order chi connectivity index (χ0) is 26.7. The second-order valence-electron chi connectivity index (χ2n) is 9.00. The minimum absolute atomic E-state index is 0.105. The maximum Gasteiger partial charge on any atom is 0.241 e. The number of rotatable bonds is 9. The predicted molar refractivity (Wildman–Crippen MR) is 133 cm³/mol. The molecule has 2 atom stereocenters. The van der Waals surface area contributed by atoms with E-state index in [4.69, 9.17) is 21.1 Å². The van der Waals surface area contributed by atoms with Crippen LogP contribution in [0.2, 0.25) is 5.02 Å². The molecular formula is C23H29ClFN7O4S. The zero-order valence-electron chi connectivity index (χ0n) is 21.0. The van der Waals surface area contributed by atoms with E-state index in [-0.39, 0.29) is 23.4 Å². The van der Waals surface area contributed by atoms with Crippen molar-refractivity contribution in [3.63, 3.8) is 0 Å². The average molecular weight is 554 g/mol. The van der Waals surface area contributed by atoms with Crippen molar-refractivity contribution < 1.29 is 22.3 Å². The summed E-state index contributed by atoms with van der Waals surface area (Å²) in [5.41, 5.74) is 1.01. The van der Waals surface area contributed by atoms with Crippen LogP contribution in [0.4, 0.5) is 4.39 Å². The van der Waals surface area contributed by atoms with Crippen molar-refractivity contribution in [2.75, 3.05) is 14.2 Å². The fourth-order valence-corrected chi connectivity index (χ4v) is 6.09. The third kappa shape index (κ3) is 5.73. The predicted octanol–water partition coefficient (Wildman–Crippen LogP) is 3.50. The molecule has 0 bridgehead atoms. The van der Waals surface area contributed by atoms with Gasteiger partial charge in [-0.3, -0.25) is 4.57 Å². The Morgan fingerprint density at radius 1 is 1.11 bits per heavy atom. The van der Waals surface area contributed by atoms with Crippen LogP contribution in [0.1, 0.15) is 67.8 Å². The molecular weight excluding hydrogens is 525 g/mol. The molecule has 3 aromatic rings. The number of methoxy groups -OCH3 is 2. The lowest BCUT2D eigenvalue weighted by atomic mass is 9.87. The Hall–Kier alpha value is -2.77. The lowest BCUT2D eigenvalue weighted by molar-refractivity contribution is 0.0948. The third-order valence-corrected chi connectivity index (χ3v) is 8.87. The molecule has 0 aliphatic heterocycles. The number of nitrogens with zero attached hydrogens (tertiary/aromatic N) is 7. The van der Waals surface area contributed by atoms with E-state index < -0.39 is 33.1 Å².